The van der Waals surface area contributed by atoms with Gasteiger partial charge in [-0.05, 0) is 6.42 Å². The Morgan fingerprint density at radius 2 is 1.29 bits per heavy atom. The third-order valence-electron chi connectivity index (χ3n) is 3.36. The molecule has 24 heavy (non-hydrogen) atoms. The monoisotopic (exact) mass is 413 g/mol. The Balaban J connectivity index is 2.57. The molecule has 2 N–H and O–H groups in total. The number of carboxylic acids is 2. The maximum Gasteiger partial charge on any atom is 0.326 e. The van der Waals surface area contributed by atoms with Crippen LogP contribution in [0.5, 0.6) is 0 Å². The second kappa shape index (κ2) is 6.76. The van der Waals surface area contributed by atoms with Crippen LogP contribution in [0.25, 0.3) is 0 Å². The van der Waals surface area contributed by atoms with Crippen LogP contribution in [0, 0.1) is 0 Å². The van der Waals surface area contributed by atoms with Crippen molar-refractivity contribution in [3.05, 3.63) is 31.2 Å². The first-order chi connectivity index (χ1) is 11.1. The molecule has 1 atom stereocenters. The standard InChI is InChI=1S/C13H7Cl4NO6/c14-7-5-6(8(15)10(17)9(7)16)12(22)18(11(5)21)3(13(23)24)1-2-4(19)20/h3H,1-2H2,(H,19,20)(H,23,24)/t3-/m0/s1. The van der Waals surface area contributed by atoms with E-state index in [-0.39, 0.29) is 31.2 Å². The van der Waals surface area contributed by atoms with Crippen LogP contribution in [-0.2, 0) is 9.59 Å². The van der Waals surface area contributed by atoms with Gasteiger partial charge in [-0.2, -0.15) is 0 Å². The van der Waals surface area contributed by atoms with E-state index in [0.717, 1.165) is 0 Å². The Bertz CT molecular complexity index is 746. The van der Waals surface area contributed by atoms with Gasteiger partial charge < -0.3 is 10.2 Å². The second-order valence-electron chi connectivity index (χ2n) is 4.77. The van der Waals surface area contributed by atoms with Crippen LogP contribution in [0.1, 0.15) is 33.6 Å². The normalized spacial score (nSPS) is 14.8. The number of imide groups is 1. The number of rotatable bonds is 5. The first kappa shape index (κ1) is 18.8. The number of aliphatic carboxylic acids is 2. The minimum atomic E-state index is -1.70. The summed E-state index contributed by atoms with van der Waals surface area (Å²) in [6.45, 7) is 0. The predicted molar refractivity (Wildman–Crippen MR) is 85.3 cm³/mol. The predicted octanol–water partition coefficient (Wildman–Crippen LogP) is 3.21. The Hall–Kier alpha value is -1.54. The molecule has 1 aliphatic heterocycles. The summed E-state index contributed by atoms with van der Waals surface area (Å²) in [5.74, 6) is -4.88. The quantitative estimate of drug-likeness (QED) is 0.434. The SMILES string of the molecule is O=C(O)CC[C@@H](C(=O)O)N1C(=O)c2c(Cl)c(Cl)c(Cl)c(Cl)c2C1=O. The van der Waals surface area contributed by atoms with Gasteiger partial charge >= 0.3 is 11.9 Å². The molecule has 0 fully saturated rings. The van der Waals surface area contributed by atoms with E-state index in [2.05, 4.69) is 0 Å². The van der Waals surface area contributed by atoms with Gasteiger partial charge in [-0.15, -0.1) is 0 Å². The molecule has 0 unspecified atom stereocenters. The van der Waals surface area contributed by atoms with Crippen LogP contribution in [-0.4, -0.2) is 44.9 Å². The van der Waals surface area contributed by atoms with Crippen molar-refractivity contribution in [2.45, 2.75) is 18.9 Å². The number of carbonyl (C=O) groups excluding carboxylic acids is 2. The fraction of sp³-hybridized carbons (Fsp3) is 0.231. The number of hydrogen-bond acceptors (Lipinski definition) is 4. The van der Waals surface area contributed by atoms with Gasteiger partial charge in [0.1, 0.15) is 6.04 Å². The summed E-state index contributed by atoms with van der Waals surface area (Å²) >= 11 is 23.6. The van der Waals surface area contributed by atoms with Gasteiger partial charge in [0.15, 0.2) is 0 Å². The molecule has 0 aromatic heterocycles. The zero-order valence-electron chi connectivity index (χ0n) is 11.5. The number of nitrogens with zero attached hydrogens (tertiary/aromatic N) is 1. The fourth-order valence-corrected chi connectivity index (χ4v) is 3.29. The fourth-order valence-electron chi connectivity index (χ4n) is 2.27. The van der Waals surface area contributed by atoms with E-state index in [1.54, 1.807) is 0 Å². The molecule has 0 saturated carbocycles. The molecule has 0 saturated heterocycles. The minimum Gasteiger partial charge on any atom is -0.481 e. The van der Waals surface area contributed by atoms with E-state index in [1.807, 2.05) is 0 Å². The van der Waals surface area contributed by atoms with Gasteiger partial charge in [0, 0.05) is 6.42 Å². The van der Waals surface area contributed by atoms with Gasteiger partial charge in [0.25, 0.3) is 11.8 Å². The number of benzene rings is 1. The Morgan fingerprint density at radius 3 is 1.62 bits per heavy atom. The molecule has 7 nitrogen and oxygen atoms in total. The summed E-state index contributed by atoms with van der Waals surface area (Å²) in [6.07, 6.45) is -1.04. The lowest BCUT2D eigenvalue weighted by molar-refractivity contribution is -0.142. The highest BCUT2D eigenvalue weighted by Gasteiger charge is 2.46. The Morgan fingerprint density at radius 1 is 0.875 bits per heavy atom. The second-order valence-corrected chi connectivity index (χ2v) is 6.28. The van der Waals surface area contributed by atoms with Gasteiger partial charge in [0.2, 0.25) is 0 Å². The van der Waals surface area contributed by atoms with E-state index >= 15 is 0 Å². The average Bonchev–Trinajstić information content (AvgIpc) is 2.75. The van der Waals surface area contributed by atoms with Crippen molar-refractivity contribution >= 4 is 70.2 Å². The maximum absolute atomic E-state index is 12.5. The van der Waals surface area contributed by atoms with E-state index < -0.39 is 42.6 Å². The van der Waals surface area contributed by atoms with Crippen molar-refractivity contribution in [1.29, 1.82) is 0 Å². The van der Waals surface area contributed by atoms with Crippen LogP contribution in [0.3, 0.4) is 0 Å². The Kier molecular flexibility index (Phi) is 5.29. The molecule has 1 heterocycles. The molecule has 2 amide bonds. The summed E-state index contributed by atoms with van der Waals surface area (Å²) < 4.78 is 0. The number of carbonyl (C=O) groups is 4. The average molecular weight is 415 g/mol. The first-order valence-electron chi connectivity index (χ1n) is 6.28. The lowest BCUT2D eigenvalue weighted by Gasteiger charge is -2.21. The van der Waals surface area contributed by atoms with Crippen LogP contribution in [0.2, 0.25) is 20.1 Å². The molecule has 1 aromatic carbocycles. The highest BCUT2D eigenvalue weighted by molar-refractivity contribution is 6.55. The van der Waals surface area contributed by atoms with Crippen molar-refractivity contribution in [2.24, 2.45) is 0 Å². The minimum absolute atomic E-state index is 0.248. The van der Waals surface area contributed by atoms with E-state index in [0.29, 0.717) is 4.90 Å². The van der Waals surface area contributed by atoms with Crippen molar-refractivity contribution in [2.75, 3.05) is 0 Å². The zero-order chi connectivity index (χ0) is 18.3. The van der Waals surface area contributed by atoms with E-state index in [4.69, 9.17) is 51.5 Å². The van der Waals surface area contributed by atoms with Gasteiger partial charge in [0.05, 0.1) is 31.2 Å². The highest BCUT2D eigenvalue weighted by atomic mass is 35.5. The molecule has 1 aliphatic rings. The van der Waals surface area contributed by atoms with Crippen LogP contribution >= 0.6 is 46.4 Å². The van der Waals surface area contributed by atoms with Gasteiger partial charge in [-0.25, -0.2) is 4.79 Å². The number of carboxylic acid groups (broad SMARTS) is 2. The summed E-state index contributed by atoms with van der Waals surface area (Å²) in [7, 11) is 0. The summed E-state index contributed by atoms with van der Waals surface area (Å²) in [5.41, 5.74) is -0.717. The molecule has 2 rings (SSSR count). The van der Waals surface area contributed by atoms with Gasteiger partial charge in [-0.1, -0.05) is 46.4 Å². The summed E-state index contributed by atoms with van der Waals surface area (Å²) in [5, 5.41) is 16.8. The molecule has 11 heteroatoms. The molecule has 0 radical (unpaired) electrons. The van der Waals surface area contributed by atoms with Crippen LogP contribution in [0.4, 0.5) is 0 Å². The third kappa shape index (κ3) is 2.93. The zero-order valence-corrected chi connectivity index (χ0v) is 14.5. The molecule has 1 aromatic rings. The lowest BCUT2D eigenvalue weighted by Crippen LogP contribution is -2.45. The Labute approximate surface area is 154 Å². The third-order valence-corrected chi connectivity index (χ3v) is 5.16. The van der Waals surface area contributed by atoms with Crippen molar-refractivity contribution in [3.8, 4) is 0 Å². The summed E-state index contributed by atoms with van der Waals surface area (Å²) in [6, 6.07) is -1.70. The van der Waals surface area contributed by atoms with Crippen molar-refractivity contribution in [3.63, 3.8) is 0 Å². The van der Waals surface area contributed by atoms with Gasteiger partial charge in [-0.3, -0.25) is 19.3 Å². The van der Waals surface area contributed by atoms with Crippen LogP contribution < -0.4 is 0 Å². The first-order valence-corrected chi connectivity index (χ1v) is 7.79. The molecule has 128 valence electrons. The summed E-state index contributed by atoms with van der Waals surface area (Å²) in [4.78, 5) is 47.4. The molecule has 0 aliphatic carbocycles. The number of hydrogen-bond donors (Lipinski definition) is 2. The largest absolute Gasteiger partial charge is 0.481 e. The van der Waals surface area contributed by atoms with E-state index in [1.165, 1.54) is 0 Å². The van der Waals surface area contributed by atoms with E-state index in [9.17, 15) is 24.3 Å². The van der Waals surface area contributed by atoms with Crippen LogP contribution in [0.15, 0.2) is 0 Å². The molecular weight excluding hydrogens is 408 g/mol. The van der Waals surface area contributed by atoms with Crippen molar-refractivity contribution in [1.82, 2.24) is 4.90 Å². The number of halogens is 4. The molecular formula is C13H7Cl4NO6. The molecule has 0 bridgehead atoms. The molecule has 0 spiro atoms. The maximum atomic E-state index is 12.5. The topological polar surface area (TPSA) is 112 Å². The lowest BCUT2D eigenvalue weighted by atomic mass is 10.1. The number of amides is 2. The highest BCUT2D eigenvalue weighted by Crippen LogP contribution is 2.45. The van der Waals surface area contributed by atoms with Crippen molar-refractivity contribution < 1.29 is 29.4 Å². The smallest absolute Gasteiger partial charge is 0.326 e. The number of fused-ring (bicyclic) bond motifs is 1.